The summed E-state index contributed by atoms with van der Waals surface area (Å²) in [6.07, 6.45) is -25.6. The number of hydrogen-bond donors (Lipinski definition) is 4. The van der Waals surface area contributed by atoms with Gasteiger partial charge in [-0.1, -0.05) is 0 Å². The highest BCUT2D eigenvalue weighted by Gasteiger charge is 2.86. The number of alkyl halides is 12. The number of carbonyl (C=O) groups excluding carboxylic acids is 4. The molecule has 12 nitrogen and oxygen atoms in total. The summed E-state index contributed by atoms with van der Waals surface area (Å²) in [6, 6.07) is 0. The number of ether oxygens (including phenoxy) is 4. The van der Waals surface area contributed by atoms with Crippen molar-refractivity contribution in [2.75, 3.05) is 28.4 Å². The highest BCUT2D eigenvalue weighted by atomic mass is 19.4. The van der Waals surface area contributed by atoms with Crippen LogP contribution < -0.4 is 0 Å². The fraction of sp³-hybridized carbons (Fsp3) is 0.750. The van der Waals surface area contributed by atoms with Gasteiger partial charge < -0.3 is 39.4 Å². The van der Waals surface area contributed by atoms with Crippen LogP contribution in [0.25, 0.3) is 0 Å². The summed E-state index contributed by atoms with van der Waals surface area (Å²) < 4.78 is 165. The van der Waals surface area contributed by atoms with Gasteiger partial charge in [-0.25, -0.2) is 19.2 Å². The van der Waals surface area contributed by atoms with Gasteiger partial charge in [0.15, 0.2) is 0 Å². The van der Waals surface area contributed by atoms with Crippen LogP contribution in [0, 0.1) is 0 Å². The molecule has 0 aromatic rings. The SMILES string of the molecule is COC(=O)[C@@](O)(C(F)(F)F)[C@](O)(C(=O)OC)C(F)(F)F.COC(=O)[C@@](O)(C(F)(F)F)[C@](O)(C(=O)OC)C(F)(F)F. The summed E-state index contributed by atoms with van der Waals surface area (Å²) in [6.45, 7) is 0. The second-order valence-electron chi connectivity index (χ2n) is 6.80. The van der Waals surface area contributed by atoms with Crippen LogP contribution in [0.4, 0.5) is 52.7 Å². The molecule has 0 radical (unpaired) electrons. The Balaban J connectivity index is 0. The third-order valence-electron chi connectivity index (χ3n) is 4.61. The molecule has 4 atom stereocenters. The highest BCUT2D eigenvalue weighted by Crippen LogP contribution is 2.49. The van der Waals surface area contributed by atoms with Crippen molar-refractivity contribution in [2.24, 2.45) is 0 Å². The van der Waals surface area contributed by atoms with Gasteiger partial charge in [0.1, 0.15) is 0 Å². The molecule has 40 heavy (non-hydrogen) atoms. The molecule has 0 rings (SSSR count). The van der Waals surface area contributed by atoms with E-state index in [-0.39, 0.29) is 28.4 Å². The average molecular weight is 628 g/mol. The fourth-order valence-corrected chi connectivity index (χ4v) is 2.47. The molecule has 0 fully saturated rings. The van der Waals surface area contributed by atoms with Gasteiger partial charge in [-0.05, 0) is 0 Å². The maximum absolute atomic E-state index is 12.6. The van der Waals surface area contributed by atoms with E-state index in [1.165, 1.54) is 0 Å². The predicted molar refractivity (Wildman–Crippen MR) is 92.1 cm³/mol. The molecule has 236 valence electrons. The molecule has 0 saturated carbocycles. The minimum atomic E-state index is -6.39. The summed E-state index contributed by atoms with van der Waals surface area (Å²) in [5.41, 5.74) is -22.4. The first-order valence-corrected chi connectivity index (χ1v) is 8.93. The minimum absolute atomic E-state index is 0.215. The van der Waals surface area contributed by atoms with Crippen LogP contribution in [0.1, 0.15) is 0 Å². The molecule has 4 N–H and O–H groups in total. The van der Waals surface area contributed by atoms with Crippen molar-refractivity contribution in [3.8, 4) is 0 Å². The quantitative estimate of drug-likeness (QED) is 0.173. The fourth-order valence-electron chi connectivity index (χ4n) is 2.47. The predicted octanol–water partition coefficient (Wildman–Crippen LogP) is -0.162. The van der Waals surface area contributed by atoms with Crippen LogP contribution in [0.3, 0.4) is 0 Å². The zero-order valence-corrected chi connectivity index (χ0v) is 19.6. The van der Waals surface area contributed by atoms with E-state index in [0.29, 0.717) is 0 Å². The van der Waals surface area contributed by atoms with Crippen molar-refractivity contribution in [3.05, 3.63) is 0 Å². The first kappa shape index (κ1) is 39.0. The van der Waals surface area contributed by atoms with E-state index < -0.39 is 71.0 Å². The van der Waals surface area contributed by atoms with Crippen molar-refractivity contribution in [1.82, 2.24) is 0 Å². The van der Waals surface area contributed by atoms with E-state index in [1.807, 2.05) is 0 Å². The summed E-state index contributed by atoms with van der Waals surface area (Å²) in [4.78, 5) is 43.7. The lowest BCUT2D eigenvalue weighted by molar-refractivity contribution is -0.366. The first-order valence-electron chi connectivity index (χ1n) is 8.93. The number of methoxy groups -OCH3 is 4. The molecule has 0 amide bonds. The Morgan fingerprint density at radius 3 is 0.525 bits per heavy atom. The van der Waals surface area contributed by atoms with Crippen LogP contribution in [0.2, 0.25) is 0 Å². The summed E-state index contributed by atoms with van der Waals surface area (Å²) in [7, 11) is 0.862. The molecule has 0 saturated heterocycles. The topological polar surface area (TPSA) is 186 Å². The summed E-state index contributed by atoms with van der Waals surface area (Å²) in [5.74, 6) is -11.7. The Kier molecular flexibility index (Phi) is 11.5. The molecule has 0 aromatic heterocycles. The van der Waals surface area contributed by atoms with Gasteiger partial charge in [0.25, 0.3) is 0 Å². The molecular weight excluding hydrogens is 612 g/mol. The monoisotopic (exact) mass is 628 g/mol. The van der Waals surface area contributed by atoms with Crippen LogP contribution >= 0.6 is 0 Å². The van der Waals surface area contributed by atoms with Crippen LogP contribution in [0.15, 0.2) is 0 Å². The molecule has 0 unspecified atom stereocenters. The lowest BCUT2D eigenvalue weighted by atomic mass is 9.81. The minimum Gasteiger partial charge on any atom is -0.467 e. The molecule has 24 heteroatoms. The van der Waals surface area contributed by atoms with E-state index in [2.05, 4.69) is 18.9 Å². The third-order valence-corrected chi connectivity index (χ3v) is 4.61. The van der Waals surface area contributed by atoms with E-state index in [0.717, 1.165) is 0 Å². The molecule has 0 aliphatic carbocycles. The first-order chi connectivity index (χ1) is 17.4. The molecule has 0 heterocycles. The second kappa shape index (κ2) is 11.8. The van der Waals surface area contributed by atoms with Gasteiger partial charge >= 0.3 is 71.0 Å². The molecule has 0 bridgehead atoms. The van der Waals surface area contributed by atoms with Crippen LogP contribution in [-0.4, -0.2) is 120 Å². The van der Waals surface area contributed by atoms with Crippen LogP contribution in [0.5, 0.6) is 0 Å². The molecule has 0 aliphatic heterocycles. The van der Waals surface area contributed by atoms with Crippen molar-refractivity contribution >= 4 is 23.9 Å². The summed E-state index contributed by atoms with van der Waals surface area (Å²) >= 11 is 0. The zero-order valence-electron chi connectivity index (χ0n) is 19.6. The van der Waals surface area contributed by atoms with Crippen molar-refractivity contribution < 1.29 is 111 Å². The van der Waals surface area contributed by atoms with Crippen LogP contribution in [-0.2, 0) is 38.1 Å². The van der Waals surface area contributed by atoms with Crippen molar-refractivity contribution in [2.45, 2.75) is 47.1 Å². The molecule has 0 aromatic carbocycles. The second-order valence-corrected chi connectivity index (χ2v) is 6.80. The number of esters is 4. The standard InChI is InChI=1S/2C8H8F6O6/c2*1-19-3(15)5(17,7(9,10)11)6(18,4(16)20-2)8(12,13)14/h2*17-18H,1-2H3/t2*5-,6+. The maximum Gasteiger partial charge on any atom is 0.432 e. The number of halogens is 12. The van der Waals surface area contributed by atoms with E-state index >= 15 is 0 Å². The van der Waals surface area contributed by atoms with Gasteiger partial charge in [-0.15, -0.1) is 0 Å². The number of carbonyl (C=O) groups is 4. The Hall–Kier alpha value is -3.12. The van der Waals surface area contributed by atoms with Gasteiger partial charge in [0.2, 0.25) is 0 Å². The Morgan fingerprint density at radius 2 is 0.475 bits per heavy atom. The smallest absolute Gasteiger partial charge is 0.432 e. The van der Waals surface area contributed by atoms with E-state index in [4.69, 9.17) is 20.4 Å². The van der Waals surface area contributed by atoms with Gasteiger partial charge in [0, 0.05) is 0 Å². The lowest BCUT2D eigenvalue weighted by Gasteiger charge is -2.40. The third kappa shape index (κ3) is 5.83. The number of rotatable bonds is 6. The average Bonchev–Trinajstić information content (AvgIpc) is 2.81. The zero-order chi connectivity index (χ0) is 33.1. The molecule has 0 aliphatic rings. The van der Waals surface area contributed by atoms with Gasteiger partial charge in [-0.3, -0.25) is 0 Å². The van der Waals surface area contributed by atoms with E-state index in [1.54, 1.807) is 0 Å². The largest absolute Gasteiger partial charge is 0.467 e. The highest BCUT2D eigenvalue weighted by molar-refractivity contribution is 5.94. The Morgan fingerprint density at radius 1 is 0.375 bits per heavy atom. The normalized spacial score (nSPS) is 18.7. The van der Waals surface area contributed by atoms with Gasteiger partial charge in [0.05, 0.1) is 28.4 Å². The Labute approximate surface area is 211 Å². The number of hydrogen-bond acceptors (Lipinski definition) is 12. The summed E-state index contributed by atoms with van der Waals surface area (Å²) in [5, 5.41) is 36.4. The molecular formula is C16H16F12O12. The maximum atomic E-state index is 12.6. The lowest BCUT2D eigenvalue weighted by Crippen LogP contribution is -2.76. The van der Waals surface area contributed by atoms with Crippen molar-refractivity contribution in [3.63, 3.8) is 0 Å². The van der Waals surface area contributed by atoms with E-state index in [9.17, 15) is 71.9 Å². The number of aliphatic hydroxyl groups is 4. The molecule has 0 spiro atoms. The Bertz CT molecular complexity index is 806. The van der Waals surface area contributed by atoms with Crippen molar-refractivity contribution in [1.29, 1.82) is 0 Å². The van der Waals surface area contributed by atoms with Gasteiger partial charge in [-0.2, -0.15) is 52.7 Å².